The second kappa shape index (κ2) is 7.11. The summed E-state index contributed by atoms with van der Waals surface area (Å²) >= 11 is 4.52. The average Bonchev–Trinajstić information content (AvgIpc) is 2.92. The lowest BCUT2D eigenvalue weighted by Crippen LogP contribution is -2.34. The molecule has 0 saturated heterocycles. The average molecular weight is 372 g/mol. The maximum Gasteiger partial charge on any atom is 0.270 e. The molecule has 1 aromatic carbocycles. The summed E-state index contributed by atoms with van der Waals surface area (Å²) in [6, 6.07) is 4.74. The first-order valence-electron chi connectivity index (χ1n) is 6.39. The predicted molar refractivity (Wildman–Crippen MR) is 84.7 cm³/mol. The number of halogens is 2. The normalized spacial score (nSPS) is 12.2. The summed E-state index contributed by atoms with van der Waals surface area (Å²) in [6.07, 6.45) is 0.610. The summed E-state index contributed by atoms with van der Waals surface area (Å²) in [7, 11) is 0. The van der Waals surface area contributed by atoms with E-state index in [0.29, 0.717) is 23.1 Å². The van der Waals surface area contributed by atoms with Crippen LogP contribution < -0.4 is 11.1 Å². The predicted octanol–water partition coefficient (Wildman–Crippen LogP) is 2.86. The van der Waals surface area contributed by atoms with Crippen LogP contribution in [0.4, 0.5) is 4.39 Å². The van der Waals surface area contributed by atoms with E-state index in [9.17, 15) is 9.18 Å². The molecule has 0 radical (unpaired) electrons. The van der Waals surface area contributed by atoms with Crippen molar-refractivity contribution < 1.29 is 9.18 Å². The highest BCUT2D eigenvalue weighted by molar-refractivity contribution is 9.10. The molecule has 0 aliphatic heterocycles. The Morgan fingerprint density at radius 2 is 2.33 bits per heavy atom. The van der Waals surface area contributed by atoms with Crippen LogP contribution >= 0.6 is 27.3 Å². The molecule has 112 valence electrons. The number of hydrogen-bond donors (Lipinski definition) is 2. The summed E-state index contributed by atoms with van der Waals surface area (Å²) in [5.74, 6) is -0.521. The van der Waals surface area contributed by atoms with Crippen LogP contribution in [0, 0.1) is 5.82 Å². The number of rotatable bonds is 5. The van der Waals surface area contributed by atoms with E-state index in [1.807, 2.05) is 6.92 Å². The fourth-order valence-electron chi connectivity index (χ4n) is 1.88. The van der Waals surface area contributed by atoms with Gasteiger partial charge < -0.3 is 11.1 Å². The van der Waals surface area contributed by atoms with Gasteiger partial charge in [-0.3, -0.25) is 4.79 Å². The Morgan fingerprint density at radius 3 is 2.95 bits per heavy atom. The van der Waals surface area contributed by atoms with Gasteiger partial charge in [0.25, 0.3) is 5.91 Å². The smallest absolute Gasteiger partial charge is 0.270 e. The van der Waals surface area contributed by atoms with Crippen molar-refractivity contribution in [2.45, 2.75) is 25.9 Å². The van der Waals surface area contributed by atoms with Gasteiger partial charge in [0.05, 0.1) is 4.47 Å². The Morgan fingerprint density at radius 1 is 1.57 bits per heavy atom. The lowest BCUT2D eigenvalue weighted by molar-refractivity contribution is 0.0935. The maximum absolute atomic E-state index is 13.2. The minimum Gasteiger partial charge on any atom is -0.348 e. The maximum atomic E-state index is 13.2. The van der Waals surface area contributed by atoms with Crippen molar-refractivity contribution in [2.75, 3.05) is 0 Å². The third-order valence-corrected chi connectivity index (χ3v) is 4.34. The number of hydrogen-bond acceptors (Lipinski definition) is 4. The molecule has 0 fully saturated rings. The topological polar surface area (TPSA) is 68.0 Å². The van der Waals surface area contributed by atoms with Crippen molar-refractivity contribution in [2.24, 2.45) is 5.73 Å². The molecular weight excluding hydrogens is 357 g/mol. The molecular formula is C14H15BrFN3OS. The number of nitrogens with one attached hydrogen (secondary N) is 1. The van der Waals surface area contributed by atoms with Crippen molar-refractivity contribution in [3.05, 3.63) is 50.1 Å². The second-order valence-corrected chi connectivity index (χ2v) is 6.45. The minimum atomic E-state index is -0.299. The molecule has 21 heavy (non-hydrogen) atoms. The number of carbonyl (C=O) groups excluding carboxylic acids is 1. The molecule has 0 bridgehead atoms. The molecule has 1 atom stereocenters. The fraction of sp³-hybridized carbons (Fsp3) is 0.286. The number of carbonyl (C=O) groups is 1. The molecule has 1 heterocycles. The number of amides is 1. The van der Waals surface area contributed by atoms with E-state index in [0.717, 1.165) is 10.6 Å². The van der Waals surface area contributed by atoms with Gasteiger partial charge in [-0.05, 0) is 47.0 Å². The first-order valence-corrected chi connectivity index (χ1v) is 8.06. The zero-order chi connectivity index (χ0) is 15.4. The number of aromatic nitrogens is 1. The van der Waals surface area contributed by atoms with E-state index in [-0.39, 0.29) is 17.8 Å². The quantitative estimate of drug-likeness (QED) is 0.848. The Balaban J connectivity index is 1.95. The van der Waals surface area contributed by atoms with E-state index in [2.05, 4.69) is 26.2 Å². The van der Waals surface area contributed by atoms with Crippen molar-refractivity contribution in [3.63, 3.8) is 0 Å². The lowest BCUT2D eigenvalue weighted by atomic mass is 10.1. The SMILES string of the molecule is CC(Cc1ccc(F)c(Br)c1)NC(=O)c1csc(CN)n1. The van der Waals surface area contributed by atoms with Gasteiger partial charge >= 0.3 is 0 Å². The standard InChI is InChI=1S/C14H15BrFN3OS/c1-8(4-9-2-3-11(16)10(15)5-9)18-14(20)12-7-21-13(6-17)19-12/h2-3,5,7-8H,4,6,17H2,1H3,(H,18,20). The second-order valence-electron chi connectivity index (χ2n) is 4.66. The lowest BCUT2D eigenvalue weighted by Gasteiger charge is -2.13. The summed E-state index contributed by atoms with van der Waals surface area (Å²) in [5.41, 5.74) is 6.80. The van der Waals surface area contributed by atoms with E-state index in [4.69, 9.17) is 5.73 Å². The van der Waals surface area contributed by atoms with Crippen molar-refractivity contribution in [3.8, 4) is 0 Å². The van der Waals surface area contributed by atoms with Gasteiger partial charge in [0.15, 0.2) is 0 Å². The molecule has 1 aromatic heterocycles. The highest BCUT2D eigenvalue weighted by Crippen LogP contribution is 2.18. The van der Waals surface area contributed by atoms with Crippen molar-refractivity contribution >= 4 is 33.2 Å². The van der Waals surface area contributed by atoms with E-state index >= 15 is 0 Å². The van der Waals surface area contributed by atoms with Crippen molar-refractivity contribution in [1.29, 1.82) is 0 Å². The third-order valence-electron chi connectivity index (χ3n) is 2.86. The Labute approximate surface area is 134 Å². The number of nitrogens with zero attached hydrogens (tertiary/aromatic N) is 1. The first-order chi connectivity index (χ1) is 9.99. The van der Waals surface area contributed by atoms with Crippen LogP contribution in [0.2, 0.25) is 0 Å². The first kappa shape index (κ1) is 16.1. The van der Waals surface area contributed by atoms with Gasteiger partial charge in [0.2, 0.25) is 0 Å². The van der Waals surface area contributed by atoms with Gasteiger partial charge in [-0.2, -0.15) is 0 Å². The summed E-state index contributed by atoms with van der Waals surface area (Å²) < 4.78 is 13.6. The monoisotopic (exact) mass is 371 g/mol. The molecule has 0 aliphatic carbocycles. The summed E-state index contributed by atoms with van der Waals surface area (Å²) in [5, 5.41) is 5.30. The Bertz CT molecular complexity index is 647. The largest absolute Gasteiger partial charge is 0.348 e. The van der Waals surface area contributed by atoms with Crippen LogP contribution in [0.1, 0.15) is 28.0 Å². The molecule has 2 aromatic rings. The highest BCUT2D eigenvalue weighted by atomic mass is 79.9. The molecule has 1 amide bonds. The van der Waals surface area contributed by atoms with E-state index < -0.39 is 0 Å². The van der Waals surface area contributed by atoms with Crippen LogP contribution in [0.5, 0.6) is 0 Å². The van der Waals surface area contributed by atoms with Crippen LogP contribution in [-0.2, 0) is 13.0 Å². The number of thiazole rings is 1. The van der Waals surface area contributed by atoms with Crippen LogP contribution in [0.25, 0.3) is 0 Å². The molecule has 0 spiro atoms. The highest BCUT2D eigenvalue weighted by Gasteiger charge is 2.14. The molecule has 0 saturated carbocycles. The molecule has 4 nitrogen and oxygen atoms in total. The Kier molecular flexibility index (Phi) is 5.44. The van der Waals surface area contributed by atoms with Gasteiger partial charge in [-0.25, -0.2) is 9.37 Å². The molecule has 3 N–H and O–H groups in total. The van der Waals surface area contributed by atoms with Gasteiger partial charge in [0.1, 0.15) is 16.5 Å². The van der Waals surface area contributed by atoms with Gasteiger partial charge in [-0.1, -0.05) is 6.07 Å². The molecule has 2 rings (SSSR count). The summed E-state index contributed by atoms with van der Waals surface area (Å²) in [6.45, 7) is 2.22. The minimum absolute atomic E-state index is 0.0853. The molecule has 0 aliphatic rings. The number of nitrogens with two attached hydrogens (primary N) is 1. The summed E-state index contributed by atoms with van der Waals surface area (Å²) in [4.78, 5) is 16.2. The van der Waals surface area contributed by atoms with E-state index in [1.54, 1.807) is 17.5 Å². The number of benzene rings is 1. The molecule has 1 unspecified atom stereocenters. The van der Waals surface area contributed by atoms with E-state index in [1.165, 1.54) is 17.4 Å². The zero-order valence-corrected chi connectivity index (χ0v) is 13.8. The van der Waals surface area contributed by atoms with Crippen LogP contribution in [-0.4, -0.2) is 16.9 Å². The van der Waals surface area contributed by atoms with Crippen LogP contribution in [0.3, 0.4) is 0 Å². The van der Waals surface area contributed by atoms with Gasteiger partial charge in [-0.15, -0.1) is 11.3 Å². The molecule has 7 heteroatoms. The van der Waals surface area contributed by atoms with Gasteiger partial charge in [0, 0.05) is 18.0 Å². The Hall–Kier alpha value is -1.31. The van der Waals surface area contributed by atoms with Crippen molar-refractivity contribution in [1.82, 2.24) is 10.3 Å². The van der Waals surface area contributed by atoms with Crippen LogP contribution in [0.15, 0.2) is 28.1 Å². The third kappa shape index (κ3) is 4.33. The zero-order valence-electron chi connectivity index (χ0n) is 11.4. The fourth-order valence-corrected chi connectivity index (χ4v) is 2.96.